The van der Waals surface area contributed by atoms with Crippen LogP contribution < -0.4 is 9.47 Å². The van der Waals surface area contributed by atoms with Gasteiger partial charge in [-0.25, -0.2) is 0 Å². The van der Waals surface area contributed by atoms with Gasteiger partial charge in [0.05, 0.1) is 24.7 Å². The molecule has 3 aliphatic heterocycles. The molecule has 3 heterocycles. The van der Waals surface area contributed by atoms with Gasteiger partial charge in [0.25, 0.3) is 0 Å². The first kappa shape index (κ1) is 24.2. The number of benzene rings is 4. The molecule has 4 aliphatic rings. The molecule has 5 nitrogen and oxygen atoms in total. The monoisotopic (exact) mass is 547 g/mol. The molecular weight excluding hydrogens is 518 g/mol. The van der Waals surface area contributed by atoms with Crippen LogP contribution >= 0.6 is 11.8 Å². The van der Waals surface area contributed by atoms with Crippen molar-refractivity contribution in [2.45, 2.75) is 30.3 Å². The molecule has 0 radical (unpaired) electrons. The van der Waals surface area contributed by atoms with Gasteiger partial charge >= 0.3 is 0 Å². The van der Waals surface area contributed by atoms with Crippen LogP contribution in [0.25, 0.3) is 10.8 Å². The van der Waals surface area contributed by atoms with Crippen LogP contribution in [0.5, 0.6) is 11.5 Å². The summed E-state index contributed by atoms with van der Waals surface area (Å²) in [5, 5.41) is 2.02. The molecule has 4 aromatic rings. The first-order chi connectivity index (χ1) is 19.7. The van der Waals surface area contributed by atoms with E-state index in [1.807, 2.05) is 72.4 Å². The number of fused-ring (bicyclic) bond motifs is 9. The second-order valence-corrected chi connectivity index (χ2v) is 12.1. The number of ketones is 2. The molecule has 1 unspecified atom stereocenters. The number of nitrogens with zero attached hydrogens (tertiary/aromatic N) is 1. The van der Waals surface area contributed by atoms with Crippen LogP contribution in [0.1, 0.15) is 50.6 Å². The van der Waals surface area contributed by atoms with E-state index in [-0.39, 0.29) is 23.5 Å². The van der Waals surface area contributed by atoms with Crippen molar-refractivity contribution in [2.75, 3.05) is 24.8 Å². The van der Waals surface area contributed by atoms with Crippen molar-refractivity contribution in [3.05, 3.63) is 107 Å². The SMILES string of the molecule is O=C1c2ccccc2OCCCCOc2ccccc2[C@@H]2C3CSCN3[C@]3(C(=O)c4cccc5cccc3c45)[C@@H]12. The van der Waals surface area contributed by atoms with E-state index in [2.05, 4.69) is 29.2 Å². The molecule has 0 bridgehead atoms. The quantitative estimate of drug-likeness (QED) is 0.252. The van der Waals surface area contributed by atoms with E-state index in [4.69, 9.17) is 9.47 Å². The summed E-state index contributed by atoms with van der Waals surface area (Å²) in [6, 6.07) is 27.9. The van der Waals surface area contributed by atoms with Gasteiger partial charge in [0, 0.05) is 29.2 Å². The average Bonchev–Trinajstić information content (AvgIpc) is 3.64. The fourth-order valence-electron chi connectivity index (χ4n) is 7.71. The predicted molar refractivity (Wildman–Crippen MR) is 157 cm³/mol. The molecule has 2 fully saturated rings. The molecule has 4 aromatic carbocycles. The molecule has 40 heavy (non-hydrogen) atoms. The first-order valence-corrected chi connectivity index (χ1v) is 15.3. The van der Waals surface area contributed by atoms with Gasteiger partial charge in [0.2, 0.25) is 0 Å². The van der Waals surface area contributed by atoms with Gasteiger partial charge in [-0.15, -0.1) is 11.8 Å². The molecule has 0 amide bonds. The van der Waals surface area contributed by atoms with E-state index in [1.165, 1.54) is 0 Å². The summed E-state index contributed by atoms with van der Waals surface area (Å²) in [6.07, 6.45) is 1.67. The Morgan fingerprint density at radius 1 is 0.775 bits per heavy atom. The minimum Gasteiger partial charge on any atom is -0.493 e. The molecule has 8 rings (SSSR count). The van der Waals surface area contributed by atoms with Gasteiger partial charge < -0.3 is 9.47 Å². The van der Waals surface area contributed by atoms with E-state index in [0.717, 1.165) is 46.2 Å². The normalized spacial score (nSPS) is 27.6. The topological polar surface area (TPSA) is 55.8 Å². The molecule has 1 aliphatic carbocycles. The Bertz CT molecular complexity index is 1680. The van der Waals surface area contributed by atoms with Crippen LogP contribution in [-0.4, -0.2) is 47.4 Å². The van der Waals surface area contributed by atoms with E-state index >= 15 is 4.79 Å². The smallest absolute Gasteiger partial charge is 0.189 e. The third-order valence-electron chi connectivity index (χ3n) is 9.27. The van der Waals surface area contributed by atoms with Crippen molar-refractivity contribution in [2.24, 2.45) is 5.92 Å². The lowest BCUT2D eigenvalue weighted by molar-refractivity contribution is 0.0538. The Hall–Kier alpha value is -3.61. The fraction of sp³-hybridized carbons (Fsp3) is 0.294. The van der Waals surface area contributed by atoms with Gasteiger partial charge in [-0.2, -0.15) is 0 Å². The van der Waals surface area contributed by atoms with Crippen LogP contribution in [0.3, 0.4) is 0 Å². The Morgan fingerprint density at radius 2 is 1.48 bits per heavy atom. The summed E-state index contributed by atoms with van der Waals surface area (Å²) >= 11 is 1.84. The molecule has 2 saturated heterocycles. The minimum absolute atomic E-state index is 0.00965. The number of hydrogen-bond acceptors (Lipinski definition) is 6. The molecule has 0 N–H and O–H groups in total. The van der Waals surface area contributed by atoms with Gasteiger partial charge in [-0.05, 0) is 52.9 Å². The molecule has 6 heteroatoms. The van der Waals surface area contributed by atoms with Crippen molar-refractivity contribution in [3.63, 3.8) is 0 Å². The average molecular weight is 548 g/mol. The Morgan fingerprint density at radius 3 is 2.33 bits per heavy atom. The number of carbonyl (C=O) groups excluding carboxylic acids is 2. The van der Waals surface area contributed by atoms with Gasteiger partial charge in [0.1, 0.15) is 17.0 Å². The highest BCUT2D eigenvalue weighted by Gasteiger charge is 2.69. The number of carbonyl (C=O) groups is 2. The molecule has 0 aromatic heterocycles. The Balaban J connectivity index is 1.44. The number of para-hydroxylation sites is 2. The summed E-state index contributed by atoms with van der Waals surface area (Å²) in [4.78, 5) is 32.4. The zero-order chi connectivity index (χ0) is 26.8. The highest BCUT2D eigenvalue weighted by atomic mass is 32.2. The lowest BCUT2D eigenvalue weighted by atomic mass is 9.68. The van der Waals surface area contributed by atoms with Gasteiger partial charge in [-0.3, -0.25) is 14.5 Å². The molecule has 4 atom stereocenters. The standard InChI is InChI=1S/C34H29NO4S/c36-32-23-12-2-4-16-28(23)39-18-6-5-17-38-27-15-3-1-11-22(27)30-26-19-40-20-35(26)34(31(30)32)25-14-8-10-21-9-7-13-24(29(21)25)33(34)37/h1-4,7-16,26,30-31H,5-6,17-20H2/t26?,30-,31-,34+/m1/s1. The van der Waals surface area contributed by atoms with Crippen molar-refractivity contribution in [1.29, 1.82) is 0 Å². The predicted octanol–water partition coefficient (Wildman–Crippen LogP) is 6.45. The van der Waals surface area contributed by atoms with Crippen LogP contribution in [-0.2, 0) is 5.54 Å². The summed E-state index contributed by atoms with van der Waals surface area (Å²) in [5.74, 6) is 2.09. The third kappa shape index (κ3) is 3.20. The molecular formula is C34H29NO4S. The lowest BCUT2D eigenvalue weighted by Gasteiger charge is -2.38. The van der Waals surface area contributed by atoms with E-state index < -0.39 is 11.5 Å². The molecule has 0 saturated carbocycles. The number of hydrogen-bond donors (Lipinski definition) is 0. The van der Waals surface area contributed by atoms with Crippen LogP contribution in [0.15, 0.2) is 84.9 Å². The number of ether oxygens (including phenoxy) is 2. The van der Waals surface area contributed by atoms with Crippen LogP contribution in [0, 0.1) is 5.92 Å². The summed E-state index contributed by atoms with van der Waals surface area (Å²) in [5.41, 5.74) is 2.15. The van der Waals surface area contributed by atoms with Gasteiger partial charge in [0.15, 0.2) is 11.6 Å². The number of thioether (sulfide) groups is 1. The zero-order valence-electron chi connectivity index (χ0n) is 22.0. The van der Waals surface area contributed by atoms with Crippen molar-refractivity contribution in [1.82, 2.24) is 4.90 Å². The number of rotatable bonds is 0. The Labute approximate surface area is 237 Å². The maximum atomic E-state index is 15.1. The maximum Gasteiger partial charge on any atom is 0.189 e. The van der Waals surface area contributed by atoms with Crippen molar-refractivity contribution in [3.8, 4) is 11.5 Å². The molecule has 1 spiro atoms. The third-order valence-corrected chi connectivity index (χ3v) is 10.3. The summed E-state index contributed by atoms with van der Waals surface area (Å²) in [7, 11) is 0. The zero-order valence-corrected chi connectivity index (χ0v) is 22.9. The maximum absolute atomic E-state index is 15.1. The fourth-order valence-corrected chi connectivity index (χ4v) is 9.03. The van der Waals surface area contributed by atoms with Gasteiger partial charge in [-0.1, -0.05) is 66.7 Å². The largest absolute Gasteiger partial charge is 0.493 e. The highest BCUT2D eigenvalue weighted by Crippen LogP contribution is 2.63. The van der Waals surface area contributed by atoms with E-state index in [1.54, 1.807) is 0 Å². The van der Waals surface area contributed by atoms with Crippen molar-refractivity contribution >= 4 is 34.1 Å². The lowest BCUT2D eigenvalue weighted by Crippen LogP contribution is -2.51. The second kappa shape index (κ2) is 9.22. The highest BCUT2D eigenvalue weighted by molar-refractivity contribution is 7.99. The minimum atomic E-state index is -1.10. The van der Waals surface area contributed by atoms with Crippen LogP contribution in [0.4, 0.5) is 0 Å². The van der Waals surface area contributed by atoms with E-state index in [9.17, 15) is 4.79 Å². The van der Waals surface area contributed by atoms with E-state index in [0.29, 0.717) is 36.0 Å². The Kier molecular flexibility index (Phi) is 5.58. The number of Topliss-reactive ketones (excluding diaryl/α,β-unsaturated/α-hetero) is 2. The summed E-state index contributed by atoms with van der Waals surface area (Å²) in [6.45, 7) is 1.08. The van der Waals surface area contributed by atoms with Crippen LogP contribution in [0.2, 0.25) is 0 Å². The first-order valence-electron chi connectivity index (χ1n) is 14.1. The summed E-state index contributed by atoms with van der Waals surface area (Å²) < 4.78 is 12.6. The molecule has 200 valence electrons. The second-order valence-electron chi connectivity index (χ2n) is 11.1. The van der Waals surface area contributed by atoms with Crippen molar-refractivity contribution < 1.29 is 19.1 Å².